The Morgan fingerprint density at radius 1 is 1.19 bits per heavy atom. The fraction of sp³-hybridized carbons (Fsp3) is 0.542. The van der Waals surface area contributed by atoms with Crippen molar-refractivity contribution in [1.29, 1.82) is 0 Å². The third kappa shape index (κ3) is 5.41. The molecule has 0 unspecified atom stereocenters. The van der Waals surface area contributed by atoms with Crippen LogP contribution in [0.2, 0.25) is 0 Å². The number of nitrogens with one attached hydrogen (secondary N) is 1. The summed E-state index contributed by atoms with van der Waals surface area (Å²) >= 11 is 1.35. The molecule has 2 aliphatic heterocycles. The van der Waals surface area contributed by atoms with Crippen molar-refractivity contribution >= 4 is 28.3 Å². The molecule has 1 spiro atoms. The smallest absolute Gasteiger partial charge is 0.228 e. The molecule has 3 N–H and O–H groups in total. The number of carbonyl (C=O) groups excluding carboxylic acids is 2. The average Bonchev–Trinajstić information content (AvgIpc) is 3.21. The van der Waals surface area contributed by atoms with Crippen molar-refractivity contribution < 1.29 is 14.3 Å². The predicted octanol–water partition coefficient (Wildman–Crippen LogP) is 3.19. The van der Waals surface area contributed by atoms with Crippen molar-refractivity contribution in [3.8, 4) is 5.75 Å². The molecular formula is C24H32N4O3S. The molecule has 0 bridgehead atoms. The molecule has 0 atom stereocenters. The number of carbonyl (C=O) groups is 2. The molecule has 2 aliphatic rings. The number of benzene rings is 1. The van der Waals surface area contributed by atoms with Gasteiger partial charge >= 0.3 is 0 Å². The Labute approximate surface area is 193 Å². The van der Waals surface area contributed by atoms with Gasteiger partial charge in [-0.15, -0.1) is 11.3 Å². The molecule has 1 fully saturated rings. The Balaban J connectivity index is 1.36. The monoisotopic (exact) mass is 456 g/mol. The summed E-state index contributed by atoms with van der Waals surface area (Å²) < 4.78 is 5.95. The lowest BCUT2D eigenvalue weighted by molar-refractivity contribution is -0.140. The van der Waals surface area contributed by atoms with Crippen LogP contribution in [0.1, 0.15) is 49.8 Å². The van der Waals surface area contributed by atoms with Crippen LogP contribution in [0, 0.1) is 5.41 Å². The molecule has 4 rings (SSSR count). The molecule has 2 aromatic rings. The second kappa shape index (κ2) is 10.3. The number of ether oxygens (including phenoxy) is 1. The number of para-hydroxylation sites is 1. The fourth-order valence-corrected chi connectivity index (χ4v) is 5.33. The molecule has 7 nitrogen and oxygen atoms in total. The normalized spacial score (nSPS) is 19.6. The van der Waals surface area contributed by atoms with Crippen LogP contribution in [0.25, 0.3) is 0 Å². The largest absolute Gasteiger partial charge is 0.491 e. The van der Waals surface area contributed by atoms with Gasteiger partial charge in [0.1, 0.15) is 12.4 Å². The van der Waals surface area contributed by atoms with Gasteiger partial charge in [0.25, 0.3) is 0 Å². The standard InChI is InChI=1S/C24H32N4O3S/c25-23-27-19(17-32-23)16-21(29)28-13-10-24(11-14-28)9-5-1-2-6-18-7-3-4-8-20(18)31-15-12-26-22(24)30/h3-4,7-8,17H,1-2,5-6,9-16H2,(H2,25,27)(H,26,30). The lowest BCUT2D eigenvalue weighted by Gasteiger charge is -2.41. The summed E-state index contributed by atoms with van der Waals surface area (Å²) in [5.41, 5.74) is 7.24. The number of nitrogens with zero attached hydrogens (tertiary/aromatic N) is 2. The highest BCUT2D eigenvalue weighted by atomic mass is 32.1. The molecule has 0 saturated carbocycles. The van der Waals surface area contributed by atoms with Gasteiger partial charge < -0.3 is 20.7 Å². The van der Waals surface area contributed by atoms with Crippen molar-refractivity contribution in [3.05, 3.63) is 40.9 Å². The SMILES string of the molecule is Nc1nc(CC(=O)N2CCC3(CCCCCc4ccccc4OCCNC3=O)CC2)cs1. The van der Waals surface area contributed by atoms with Crippen LogP contribution in [-0.2, 0) is 22.4 Å². The lowest BCUT2D eigenvalue weighted by atomic mass is 9.73. The molecule has 2 amide bonds. The van der Waals surface area contributed by atoms with Gasteiger partial charge in [0.15, 0.2) is 5.13 Å². The molecule has 3 heterocycles. The zero-order valence-corrected chi connectivity index (χ0v) is 19.3. The van der Waals surface area contributed by atoms with Crippen LogP contribution in [0.15, 0.2) is 29.6 Å². The van der Waals surface area contributed by atoms with Crippen molar-refractivity contribution in [2.45, 2.75) is 51.4 Å². The van der Waals surface area contributed by atoms with E-state index in [1.807, 2.05) is 22.4 Å². The van der Waals surface area contributed by atoms with Crippen LogP contribution in [0.5, 0.6) is 5.75 Å². The molecular weight excluding hydrogens is 424 g/mol. The van der Waals surface area contributed by atoms with Crippen molar-refractivity contribution in [1.82, 2.24) is 15.2 Å². The molecule has 1 aromatic carbocycles. The number of anilines is 1. The Bertz CT molecular complexity index is 937. The highest BCUT2D eigenvalue weighted by Gasteiger charge is 2.41. The maximum absolute atomic E-state index is 13.2. The third-order valence-corrected chi connectivity index (χ3v) is 7.40. The highest BCUT2D eigenvalue weighted by Crippen LogP contribution is 2.38. The minimum absolute atomic E-state index is 0.0568. The number of thiazole rings is 1. The maximum Gasteiger partial charge on any atom is 0.228 e. The number of hydrogen-bond acceptors (Lipinski definition) is 6. The first kappa shape index (κ1) is 22.6. The first-order valence-corrected chi connectivity index (χ1v) is 12.4. The molecule has 0 radical (unpaired) electrons. The molecule has 8 heteroatoms. The topological polar surface area (TPSA) is 97.6 Å². The Morgan fingerprint density at radius 2 is 2.00 bits per heavy atom. The summed E-state index contributed by atoms with van der Waals surface area (Å²) in [5, 5.41) is 5.43. The second-order valence-electron chi connectivity index (χ2n) is 8.79. The number of piperidine rings is 1. The number of likely N-dealkylation sites (tertiary alicyclic amines) is 1. The Morgan fingerprint density at radius 3 is 2.78 bits per heavy atom. The minimum atomic E-state index is -0.400. The Kier molecular flexibility index (Phi) is 7.29. The number of fused-ring (bicyclic) bond motifs is 1. The van der Waals surface area contributed by atoms with E-state index in [0.29, 0.717) is 44.2 Å². The molecule has 1 aromatic heterocycles. The summed E-state index contributed by atoms with van der Waals surface area (Å²) in [4.78, 5) is 32.0. The minimum Gasteiger partial charge on any atom is -0.491 e. The van der Waals surface area contributed by atoms with E-state index in [4.69, 9.17) is 10.5 Å². The zero-order valence-electron chi connectivity index (χ0n) is 18.5. The summed E-state index contributed by atoms with van der Waals surface area (Å²) in [6.45, 7) is 2.16. The van der Waals surface area contributed by atoms with Gasteiger partial charge in [-0.3, -0.25) is 9.59 Å². The van der Waals surface area contributed by atoms with Gasteiger partial charge in [-0.1, -0.05) is 31.0 Å². The van der Waals surface area contributed by atoms with Gasteiger partial charge in [0.05, 0.1) is 24.1 Å². The van der Waals surface area contributed by atoms with E-state index >= 15 is 0 Å². The number of aromatic nitrogens is 1. The molecule has 0 aliphatic carbocycles. The summed E-state index contributed by atoms with van der Waals surface area (Å²) in [6, 6.07) is 8.17. The highest BCUT2D eigenvalue weighted by molar-refractivity contribution is 7.13. The van der Waals surface area contributed by atoms with Crippen molar-refractivity contribution in [2.24, 2.45) is 5.41 Å². The van der Waals surface area contributed by atoms with E-state index in [0.717, 1.165) is 43.5 Å². The lowest BCUT2D eigenvalue weighted by Crippen LogP contribution is -2.51. The Hall–Kier alpha value is -2.61. The van der Waals surface area contributed by atoms with Gasteiger partial charge in [-0.05, 0) is 43.7 Å². The molecule has 32 heavy (non-hydrogen) atoms. The summed E-state index contributed by atoms with van der Waals surface area (Å²) in [6.07, 6.45) is 6.71. The number of rotatable bonds is 2. The predicted molar refractivity (Wildman–Crippen MR) is 126 cm³/mol. The average molecular weight is 457 g/mol. The maximum atomic E-state index is 13.2. The van der Waals surface area contributed by atoms with E-state index in [-0.39, 0.29) is 18.2 Å². The number of nitrogens with two attached hydrogens (primary N) is 1. The van der Waals surface area contributed by atoms with Crippen LogP contribution in [0.3, 0.4) is 0 Å². The van der Waals surface area contributed by atoms with Gasteiger partial charge in [-0.25, -0.2) is 4.98 Å². The van der Waals surface area contributed by atoms with Crippen molar-refractivity contribution in [2.75, 3.05) is 32.0 Å². The first-order chi connectivity index (χ1) is 15.6. The van der Waals surface area contributed by atoms with Gasteiger partial charge in [-0.2, -0.15) is 0 Å². The number of nitrogen functional groups attached to an aromatic ring is 1. The van der Waals surface area contributed by atoms with Crippen LogP contribution >= 0.6 is 11.3 Å². The van der Waals surface area contributed by atoms with Crippen LogP contribution in [-0.4, -0.2) is 47.9 Å². The number of aryl methyl sites for hydroxylation is 1. The van der Waals surface area contributed by atoms with E-state index in [9.17, 15) is 9.59 Å². The van der Waals surface area contributed by atoms with E-state index in [1.165, 1.54) is 16.9 Å². The second-order valence-corrected chi connectivity index (χ2v) is 9.68. The van der Waals surface area contributed by atoms with E-state index in [2.05, 4.69) is 22.4 Å². The zero-order chi connectivity index (χ0) is 22.4. The quantitative estimate of drug-likeness (QED) is 0.723. The van der Waals surface area contributed by atoms with Crippen LogP contribution in [0.4, 0.5) is 5.13 Å². The first-order valence-electron chi connectivity index (χ1n) is 11.5. The van der Waals surface area contributed by atoms with Crippen LogP contribution < -0.4 is 15.8 Å². The van der Waals surface area contributed by atoms with Gasteiger partial charge in [0, 0.05) is 18.5 Å². The third-order valence-electron chi connectivity index (χ3n) is 6.68. The molecule has 172 valence electrons. The van der Waals surface area contributed by atoms with Crippen molar-refractivity contribution in [3.63, 3.8) is 0 Å². The van der Waals surface area contributed by atoms with Gasteiger partial charge in [0.2, 0.25) is 11.8 Å². The number of amides is 2. The number of hydrogen-bond donors (Lipinski definition) is 2. The summed E-state index contributed by atoms with van der Waals surface area (Å²) in [5.74, 6) is 1.08. The fourth-order valence-electron chi connectivity index (χ4n) is 4.77. The molecule has 1 saturated heterocycles. The van der Waals surface area contributed by atoms with E-state index < -0.39 is 5.41 Å². The van der Waals surface area contributed by atoms with E-state index in [1.54, 1.807) is 0 Å². The summed E-state index contributed by atoms with van der Waals surface area (Å²) in [7, 11) is 0.